The Kier molecular flexibility index (Phi) is 7.06. The number of ketones is 1. The molecule has 0 fully saturated rings. The van der Waals surface area contributed by atoms with Crippen molar-refractivity contribution < 1.29 is 9.90 Å². The molecule has 1 unspecified atom stereocenters. The number of carbonyl (C=O) groups is 1. The molecule has 0 aliphatic heterocycles. The van der Waals surface area contributed by atoms with E-state index < -0.39 is 0 Å². The molecule has 0 aliphatic rings. The normalized spacial score (nSPS) is 12.9. The molecule has 1 N–H and O–H groups in total. The Labute approximate surface area is 75.0 Å². The maximum absolute atomic E-state index is 11.3. The van der Waals surface area contributed by atoms with E-state index in [-0.39, 0.29) is 12.5 Å². The van der Waals surface area contributed by atoms with Crippen LogP contribution in [-0.2, 0) is 4.79 Å². The topological polar surface area (TPSA) is 37.3 Å². The summed E-state index contributed by atoms with van der Waals surface area (Å²) < 4.78 is 0. The minimum absolute atomic E-state index is 0.201. The molecule has 12 heavy (non-hydrogen) atoms. The van der Waals surface area contributed by atoms with E-state index in [0.29, 0.717) is 12.2 Å². The van der Waals surface area contributed by atoms with Crippen LogP contribution in [0.3, 0.4) is 0 Å². The molecule has 1 atom stereocenters. The highest BCUT2D eigenvalue weighted by Crippen LogP contribution is 2.15. The standard InChI is InChI=1S/C10H20O2/c1-3-6-9(7-5-8-11)10(12)4-2/h9,11H,3-8H2,1-2H3. The van der Waals surface area contributed by atoms with Crippen LogP contribution in [0.1, 0.15) is 46.0 Å². The van der Waals surface area contributed by atoms with Crippen LogP contribution in [0.5, 0.6) is 0 Å². The molecule has 0 bridgehead atoms. The van der Waals surface area contributed by atoms with Gasteiger partial charge in [0.05, 0.1) is 0 Å². The Morgan fingerprint density at radius 3 is 2.42 bits per heavy atom. The van der Waals surface area contributed by atoms with Crippen molar-refractivity contribution in [2.45, 2.75) is 46.0 Å². The highest BCUT2D eigenvalue weighted by atomic mass is 16.2. The van der Waals surface area contributed by atoms with Gasteiger partial charge in [-0.3, -0.25) is 4.79 Å². The summed E-state index contributed by atoms with van der Waals surface area (Å²) in [6.45, 7) is 4.20. The second-order valence-electron chi connectivity index (χ2n) is 3.17. The molecule has 0 aromatic carbocycles. The fraction of sp³-hybridized carbons (Fsp3) is 0.900. The van der Waals surface area contributed by atoms with Crippen LogP contribution >= 0.6 is 0 Å². The first-order valence-electron chi connectivity index (χ1n) is 4.89. The van der Waals surface area contributed by atoms with Crippen molar-refractivity contribution in [3.8, 4) is 0 Å². The monoisotopic (exact) mass is 172 g/mol. The average Bonchev–Trinajstić information content (AvgIpc) is 2.11. The van der Waals surface area contributed by atoms with Crippen molar-refractivity contribution in [1.82, 2.24) is 0 Å². The summed E-state index contributed by atoms with van der Waals surface area (Å²) in [7, 11) is 0. The van der Waals surface area contributed by atoms with Gasteiger partial charge in [0.25, 0.3) is 0 Å². The number of hydrogen-bond donors (Lipinski definition) is 1. The molecule has 0 saturated heterocycles. The van der Waals surface area contributed by atoms with Gasteiger partial charge in [0, 0.05) is 18.9 Å². The predicted octanol–water partition coefficient (Wildman–Crippen LogP) is 2.15. The van der Waals surface area contributed by atoms with Crippen LogP contribution < -0.4 is 0 Å². The van der Waals surface area contributed by atoms with Crippen LogP contribution in [0, 0.1) is 5.92 Å². The maximum atomic E-state index is 11.3. The van der Waals surface area contributed by atoms with E-state index in [1.165, 1.54) is 0 Å². The van der Waals surface area contributed by atoms with Crippen molar-refractivity contribution in [3.05, 3.63) is 0 Å². The lowest BCUT2D eigenvalue weighted by atomic mass is 9.92. The van der Waals surface area contributed by atoms with Crippen LogP contribution in [0.15, 0.2) is 0 Å². The Morgan fingerprint density at radius 1 is 1.33 bits per heavy atom. The third-order valence-corrected chi connectivity index (χ3v) is 2.15. The van der Waals surface area contributed by atoms with Crippen LogP contribution in [0.4, 0.5) is 0 Å². The van der Waals surface area contributed by atoms with Gasteiger partial charge in [-0.15, -0.1) is 0 Å². The summed E-state index contributed by atoms with van der Waals surface area (Å²) >= 11 is 0. The number of carbonyl (C=O) groups excluding carboxylic acids is 1. The molecule has 0 spiro atoms. The van der Waals surface area contributed by atoms with E-state index >= 15 is 0 Å². The molecule has 0 aliphatic carbocycles. The van der Waals surface area contributed by atoms with E-state index in [9.17, 15) is 4.79 Å². The zero-order valence-electron chi connectivity index (χ0n) is 8.18. The smallest absolute Gasteiger partial charge is 0.135 e. The molecule has 0 saturated carbocycles. The largest absolute Gasteiger partial charge is 0.396 e. The third-order valence-electron chi connectivity index (χ3n) is 2.15. The number of aliphatic hydroxyl groups excluding tert-OH is 1. The minimum atomic E-state index is 0.201. The van der Waals surface area contributed by atoms with Crippen molar-refractivity contribution in [1.29, 1.82) is 0 Å². The Bertz CT molecular complexity index is 121. The molecule has 0 aromatic rings. The lowest BCUT2D eigenvalue weighted by molar-refractivity contribution is -0.123. The SMILES string of the molecule is CCCC(CCCO)C(=O)CC. The van der Waals surface area contributed by atoms with Crippen LogP contribution in [0.2, 0.25) is 0 Å². The lowest BCUT2D eigenvalue weighted by Gasteiger charge is -2.12. The van der Waals surface area contributed by atoms with Gasteiger partial charge < -0.3 is 5.11 Å². The molecular weight excluding hydrogens is 152 g/mol. The maximum Gasteiger partial charge on any atom is 0.135 e. The molecule has 2 nitrogen and oxygen atoms in total. The van der Waals surface area contributed by atoms with Gasteiger partial charge in [0.2, 0.25) is 0 Å². The van der Waals surface area contributed by atoms with Crippen molar-refractivity contribution in [3.63, 3.8) is 0 Å². The van der Waals surface area contributed by atoms with Gasteiger partial charge in [0.15, 0.2) is 0 Å². The second-order valence-corrected chi connectivity index (χ2v) is 3.17. The number of aliphatic hydroxyl groups is 1. The van der Waals surface area contributed by atoms with Gasteiger partial charge in [0.1, 0.15) is 5.78 Å². The molecule has 0 heterocycles. The fourth-order valence-corrected chi connectivity index (χ4v) is 1.44. The van der Waals surface area contributed by atoms with E-state index in [0.717, 1.165) is 25.7 Å². The van der Waals surface area contributed by atoms with Crippen molar-refractivity contribution >= 4 is 5.78 Å². The predicted molar refractivity (Wildman–Crippen MR) is 50.0 cm³/mol. The average molecular weight is 172 g/mol. The second kappa shape index (κ2) is 7.29. The summed E-state index contributed by atoms with van der Waals surface area (Å²) in [5, 5.41) is 8.63. The summed E-state index contributed by atoms with van der Waals surface area (Å²) in [4.78, 5) is 11.3. The van der Waals surface area contributed by atoms with Gasteiger partial charge in [-0.1, -0.05) is 20.3 Å². The first kappa shape index (κ1) is 11.6. The molecule has 0 radical (unpaired) electrons. The molecule has 72 valence electrons. The van der Waals surface area contributed by atoms with Crippen LogP contribution in [0.25, 0.3) is 0 Å². The van der Waals surface area contributed by atoms with Gasteiger partial charge in [-0.2, -0.15) is 0 Å². The highest BCUT2D eigenvalue weighted by Gasteiger charge is 2.14. The number of rotatable bonds is 7. The summed E-state index contributed by atoms with van der Waals surface area (Å²) in [5.74, 6) is 0.553. The first-order chi connectivity index (χ1) is 5.76. The zero-order valence-corrected chi connectivity index (χ0v) is 8.18. The van der Waals surface area contributed by atoms with E-state index in [1.54, 1.807) is 0 Å². The summed E-state index contributed by atoms with van der Waals surface area (Å²) in [6.07, 6.45) is 4.29. The van der Waals surface area contributed by atoms with E-state index in [2.05, 4.69) is 6.92 Å². The van der Waals surface area contributed by atoms with Gasteiger partial charge >= 0.3 is 0 Å². The minimum Gasteiger partial charge on any atom is -0.396 e. The Morgan fingerprint density at radius 2 is 2.00 bits per heavy atom. The zero-order chi connectivity index (χ0) is 9.40. The molecule has 0 aromatic heterocycles. The van der Waals surface area contributed by atoms with Gasteiger partial charge in [-0.25, -0.2) is 0 Å². The molecule has 0 rings (SSSR count). The van der Waals surface area contributed by atoms with E-state index in [1.807, 2.05) is 6.92 Å². The van der Waals surface area contributed by atoms with Crippen molar-refractivity contribution in [2.75, 3.05) is 6.61 Å². The molecule has 2 heteroatoms. The quantitative estimate of drug-likeness (QED) is 0.639. The Balaban J connectivity index is 3.76. The summed E-state index contributed by atoms with van der Waals surface area (Å²) in [6, 6.07) is 0. The first-order valence-corrected chi connectivity index (χ1v) is 4.89. The fourth-order valence-electron chi connectivity index (χ4n) is 1.44. The summed E-state index contributed by atoms with van der Waals surface area (Å²) in [5.41, 5.74) is 0. The van der Waals surface area contributed by atoms with Crippen molar-refractivity contribution in [2.24, 2.45) is 5.92 Å². The third kappa shape index (κ3) is 4.50. The number of hydrogen-bond acceptors (Lipinski definition) is 2. The Hall–Kier alpha value is -0.370. The van der Waals surface area contributed by atoms with Crippen LogP contribution in [-0.4, -0.2) is 17.5 Å². The molecule has 0 amide bonds. The lowest BCUT2D eigenvalue weighted by Crippen LogP contribution is -2.13. The highest BCUT2D eigenvalue weighted by molar-refractivity contribution is 5.80. The molecular formula is C10H20O2. The van der Waals surface area contributed by atoms with Gasteiger partial charge in [-0.05, 0) is 19.3 Å². The van der Waals surface area contributed by atoms with E-state index in [4.69, 9.17) is 5.11 Å². The number of Topliss-reactive ketones (excluding diaryl/α,β-unsaturated/α-hetero) is 1.